The smallest absolute Gasteiger partial charge is 0.188 e. The first kappa shape index (κ1) is 14.2. The van der Waals surface area contributed by atoms with Crippen LogP contribution < -0.4 is 5.32 Å². The number of aryl methyl sites for hydroxylation is 1. The van der Waals surface area contributed by atoms with Crippen molar-refractivity contribution < 1.29 is 0 Å². The number of pyridine rings is 1. The van der Waals surface area contributed by atoms with E-state index in [4.69, 9.17) is 4.98 Å². The normalized spacial score (nSPS) is 22.1. The zero-order chi connectivity index (χ0) is 14.9. The molecule has 0 aromatic carbocycles. The second kappa shape index (κ2) is 5.97. The number of nitrogens with one attached hydrogen (secondary N) is 1. The highest BCUT2D eigenvalue weighted by Gasteiger charge is 2.32. The van der Waals surface area contributed by atoms with Gasteiger partial charge in [-0.25, -0.2) is 9.97 Å². The van der Waals surface area contributed by atoms with Crippen LogP contribution in [0.3, 0.4) is 0 Å². The molecule has 0 amide bonds. The van der Waals surface area contributed by atoms with E-state index in [0.29, 0.717) is 6.04 Å². The Kier molecular flexibility index (Phi) is 3.84. The monoisotopic (exact) mass is 314 g/mol. The van der Waals surface area contributed by atoms with Crippen LogP contribution >= 0.6 is 11.3 Å². The average molecular weight is 314 g/mol. The fourth-order valence-electron chi connectivity index (χ4n) is 3.24. The summed E-state index contributed by atoms with van der Waals surface area (Å²) in [6.07, 6.45) is 7.26. The summed E-state index contributed by atoms with van der Waals surface area (Å²) < 4.78 is 0. The van der Waals surface area contributed by atoms with Gasteiger partial charge < -0.3 is 5.32 Å². The molecule has 0 radical (unpaired) electrons. The molecule has 3 heterocycles. The number of hydrogen-bond acceptors (Lipinski definition) is 5. The van der Waals surface area contributed by atoms with Crippen LogP contribution in [0.15, 0.2) is 24.4 Å². The first-order valence-corrected chi connectivity index (χ1v) is 9.00. The van der Waals surface area contributed by atoms with Gasteiger partial charge in [0.15, 0.2) is 5.13 Å². The van der Waals surface area contributed by atoms with Gasteiger partial charge in [-0.3, -0.25) is 4.90 Å². The zero-order valence-corrected chi connectivity index (χ0v) is 13.8. The third-order valence-corrected chi connectivity index (χ3v) is 5.35. The zero-order valence-electron chi connectivity index (χ0n) is 13.0. The Morgan fingerprint density at radius 3 is 3.00 bits per heavy atom. The van der Waals surface area contributed by atoms with Gasteiger partial charge in [0, 0.05) is 17.6 Å². The van der Waals surface area contributed by atoms with Crippen molar-refractivity contribution >= 4 is 22.3 Å². The highest BCUT2D eigenvalue weighted by Crippen LogP contribution is 2.37. The summed E-state index contributed by atoms with van der Waals surface area (Å²) in [6.45, 7) is 4.56. The fraction of sp³-hybridized carbons (Fsp3) is 0.529. The third-order valence-electron chi connectivity index (χ3n) is 4.52. The second-order valence-corrected chi connectivity index (χ2v) is 7.68. The molecule has 2 aromatic heterocycles. The molecule has 0 unspecified atom stereocenters. The maximum Gasteiger partial charge on any atom is 0.188 e. The SMILES string of the molecule is Cc1cnc(Nc2cccc([C@@H]3CCCN3CC3CC3)n2)s1. The molecule has 2 aliphatic rings. The lowest BCUT2D eigenvalue weighted by atomic mass is 10.1. The number of rotatable bonds is 5. The van der Waals surface area contributed by atoms with Crippen molar-refractivity contribution in [3.63, 3.8) is 0 Å². The predicted molar refractivity (Wildman–Crippen MR) is 90.6 cm³/mol. The summed E-state index contributed by atoms with van der Waals surface area (Å²) in [6, 6.07) is 6.81. The Bertz CT molecular complexity index is 650. The van der Waals surface area contributed by atoms with Crippen LogP contribution in [0, 0.1) is 12.8 Å². The quantitative estimate of drug-likeness (QED) is 0.900. The molecule has 4 nitrogen and oxygen atoms in total. The Labute approximate surface area is 135 Å². The van der Waals surface area contributed by atoms with E-state index in [-0.39, 0.29) is 0 Å². The minimum atomic E-state index is 0.500. The molecule has 0 bridgehead atoms. The van der Waals surface area contributed by atoms with Gasteiger partial charge >= 0.3 is 0 Å². The highest BCUT2D eigenvalue weighted by atomic mass is 32.1. The minimum Gasteiger partial charge on any atom is -0.316 e. The van der Waals surface area contributed by atoms with Gasteiger partial charge in [-0.2, -0.15) is 0 Å². The topological polar surface area (TPSA) is 41.1 Å². The molecule has 0 spiro atoms. The van der Waals surface area contributed by atoms with Gasteiger partial charge in [-0.1, -0.05) is 6.07 Å². The van der Waals surface area contributed by atoms with Crippen molar-refractivity contribution in [3.8, 4) is 0 Å². The summed E-state index contributed by atoms with van der Waals surface area (Å²) in [7, 11) is 0. The molecule has 22 heavy (non-hydrogen) atoms. The Balaban J connectivity index is 1.50. The van der Waals surface area contributed by atoms with Crippen LogP contribution in [0.2, 0.25) is 0 Å². The second-order valence-electron chi connectivity index (χ2n) is 6.45. The van der Waals surface area contributed by atoms with Gasteiger partial charge in [0.25, 0.3) is 0 Å². The Hall–Kier alpha value is -1.46. The first-order chi connectivity index (χ1) is 10.8. The molecule has 1 atom stereocenters. The third kappa shape index (κ3) is 3.15. The lowest BCUT2D eigenvalue weighted by Crippen LogP contribution is -2.26. The van der Waals surface area contributed by atoms with E-state index in [1.807, 2.05) is 12.3 Å². The lowest BCUT2D eigenvalue weighted by Gasteiger charge is -2.24. The molecule has 1 saturated carbocycles. The fourth-order valence-corrected chi connectivity index (χ4v) is 3.91. The lowest BCUT2D eigenvalue weighted by molar-refractivity contribution is 0.243. The molecule has 116 valence electrons. The largest absolute Gasteiger partial charge is 0.316 e. The van der Waals surface area contributed by atoms with E-state index in [1.165, 1.54) is 49.3 Å². The van der Waals surface area contributed by atoms with E-state index < -0.39 is 0 Å². The number of nitrogens with zero attached hydrogens (tertiary/aromatic N) is 3. The highest BCUT2D eigenvalue weighted by molar-refractivity contribution is 7.15. The number of likely N-dealkylation sites (tertiary alicyclic amines) is 1. The number of anilines is 2. The van der Waals surface area contributed by atoms with Gasteiger partial charge in [0.2, 0.25) is 0 Å². The van der Waals surface area contributed by atoms with Crippen molar-refractivity contribution in [2.24, 2.45) is 5.92 Å². The van der Waals surface area contributed by atoms with Crippen LogP contribution in [0.25, 0.3) is 0 Å². The van der Waals surface area contributed by atoms with Crippen molar-refractivity contribution in [3.05, 3.63) is 35.0 Å². The summed E-state index contributed by atoms with van der Waals surface area (Å²) in [5.41, 5.74) is 1.21. The Morgan fingerprint density at radius 2 is 2.23 bits per heavy atom. The Morgan fingerprint density at radius 1 is 1.32 bits per heavy atom. The number of hydrogen-bond donors (Lipinski definition) is 1. The number of thiazole rings is 1. The van der Waals surface area contributed by atoms with E-state index >= 15 is 0 Å². The van der Waals surface area contributed by atoms with Crippen LogP contribution in [0.4, 0.5) is 10.9 Å². The molecule has 2 fully saturated rings. The molecule has 1 aliphatic heterocycles. The van der Waals surface area contributed by atoms with E-state index in [9.17, 15) is 0 Å². The molecule has 1 saturated heterocycles. The van der Waals surface area contributed by atoms with E-state index in [1.54, 1.807) is 11.3 Å². The molecule has 5 heteroatoms. The van der Waals surface area contributed by atoms with Gasteiger partial charge in [-0.15, -0.1) is 11.3 Å². The minimum absolute atomic E-state index is 0.500. The average Bonchev–Trinajstić information content (AvgIpc) is 3.04. The van der Waals surface area contributed by atoms with Crippen molar-refractivity contribution in [1.29, 1.82) is 0 Å². The van der Waals surface area contributed by atoms with Gasteiger partial charge in [0.1, 0.15) is 5.82 Å². The predicted octanol–water partition coefficient (Wildman–Crippen LogP) is 4.14. The summed E-state index contributed by atoms with van der Waals surface area (Å²) in [4.78, 5) is 13.1. The van der Waals surface area contributed by atoms with Gasteiger partial charge in [-0.05, 0) is 57.2 Å². The van der Waals surface area contributed by atoms with E-state index in [0.717, 1.165) is 16.9 Å². The van der Waals surface area contributed by atoms with Crippen molar-refractivity contribution in [2.75, 3.05) is 18.4 Å². The van der Waals surface area contributed by atoms with Crippen LogP contribution in [0.1, 0.15) is 42.3 Å². The van der Waals surface area contributed by atoms with Crippen LogP contribution in [-0.4, -0.2) is 28.0 Å². The van der Waals surface area contributed by atoms with E-state index in [2.05, 4.69) is 34.3 Å². The molecular weight excluding hydrogens is 292 g/mol. The standard InChI is InChI=1S/C17H22N4S/c1-12-10-18-17(22-12)20-16-6-2-4-14(19-16)15-5-3-9-21(15)11-13-7-8-13/h2,4,6,10,13,15H,3,5,7-9,11H2,1H3,(H,18,19,20)/t15-/m0/s1. The number of aromatic nitrogens is 2. The summed E-state index contributed by atoms with van der Waals surface area (Å²) >= 11 is 1.67. The van der Waals surface area contributed by atoms with Crippen molar-refractivity contribution in [1.82, 2.24) is 14.9 Å². The van der Waals surface area contributed by atoms with Crippen LogP contribution in [-0.2, 0) is 0 Å². The maximum absolute atomic E-state index is 4.85. The molecule has 2 aromatic rings. The van der Waals surface area contributed by atoms with Crippen LogP contribution in [0.5, 0.6) is 0 Å². The first-order valence-electron chi connectivity index (χ1n) is 8.18. The molecule has 4 rings (SSSR count). The molecular formula is C17H22N4S. The molecule has 1 aliphatic carbocycles. The maximum atomic E-state index is 4.85. The van der Waals surface area contributed by atoms with Gasteiger partial charge in [0.05, 0.1) is 11.7 Å². The summed E-state index contributed by atoms with van der Waals surface area (Å²) in [5.74, 6) is 1.85. The molecule has 1 N–H and O–H groups in total. The summed E-state index contributed by atoms with van der Waals surface area (Å²) in [5, 5.41) is 4.25. The van der Waals surface area contributed by atoms with Crippen molar-refractivity contribution in [2.45, 2.75) is 38.6 Å².